The summed E-state index contributed by atoms with van der Waals surface area (Å²) < 4.78 is -3.40. The Morgan fingerprint density at radius 3 is 2.12 bits per heavy atom. The zero-order valence-corrected chi connectivity index (χ0v) is 13.5. The first-order valence-electron chi connectivity index (χ1n) is 5.15. The Morgan fingerprint density at radius 2 is 1.76 bits per heavy atom. The van der Waals surface area contributed by atoms with Crippen LogP contribution in [0.4, 0.5) is 0 Å². The molecule has 0 spiro atoms. The summed E-state index contributed by atoms with van der Waals surface area (Å²) in [5, 5.41) is 5.90. The van der Waals surface area contributed by atoms with Gasteiger partial charge in [-0.1, -0.05) is 58.0 Å². The van der Waals surface area contributed by atoms with Gasteiger partial charge in [0.25, 0.3) is 0 Å². The van der Waals surface area contributed by atoms with Gasteiger partial charge in [0, 0.05) is 12.6 Å². The minimum atomic E-state index is -1.81. The maximum absolute atomic E-state index is 6.24. The van der Waals surface area contributed by atoms with Crippen LogP contribution in [-0.4, -0.2) is 43.1 Å². The fraction of sp³-hybridized carbons (Fsp3) is 0.889. The second-order valence-electron chi connectivity index (χ2n) is 4.02. The lowest BCUT2D eigenvalue weighted by Gasteiger charge is -2.42. The smallest absolute Gasteiger partial charge is 0.227 e. The van der Waals surface area contributed by atoms with Crippen LogP contribution in [0.3, 0.4) is 0 Å². The monoisotopic (exact) mass is 339 g/mol. The molecule has 0 amide bonds. The van der Waals surface area contributed by atoms with Crippen LogP contribution in [0.15, 0.2) is 5.10 Å². The Balaban J connectivity index is 3.07. The van der Waals surface area contributed by atoms with Crippen LogP contribution < -0.4 is 0 Å². The van der Waals surface area contributed by atoms with E-state index in [0.717, 1.165) is 0 Å². The van der Waals surface area contributed by atoms with E-state index in [0.29, 0.717) is 6.54 Å². The van der Waals surface area contributed by atoms with Gasteiger partial charge in [0.15, 0.2) is 6.17 Å². The van der Waals surface area contributed by atoms with Crippen LogP contribution in [0.2, 0.25) is 0 Å². The zero-order valence-electron chi connectivity index (χ0n) is 9.67. The molecule has 1 atom stereocenters. The molecular formula is C9H14Cl5N3. The predicted octanol–water partition coefficient (Wildman–Crippen LogP) is 3.85. The van der Waals surface area contributed by atoms with E-state index in [9.17, 15) is 0 Å². The van der Waals surface area contributed by atoms with E-state index in [1.54, 1.807) is 11.3 Å². The highest BCUT2D eigenvalue weighted by Gasteiger charge is 2.57. The lowest BCUT2D eigenvalue weighted by Crippen LogP contribution is -2.58. The second kappa shape index (κ2) is 5.38. The average Bonchev–Trinajstić information content (AvgIpc) is 2.59. The Kier molecular flexibility index (Phi) is 4.99. The van der Waals surface area contributed by atoms with Crippen molar-refractivity contribution in [1.82, 2.24) is 9.91 Å². The van der Waals surface area contributed by atoms with Gasteiger partial charge < -0.3 is 4.90 Å². The summed E-state index contributed by atoms with van der Waals surface area (Å²) in [6, 6.07) is 0.143. The van der Waals surface area contributed by atoms with E-state index in [1.165, 1.54) is 0 Å². The van der Waals surface area contributed by atoms with Crippen molar-refractivity contribution in [3.8, 4) is 0 Å². The van der Waals surface area contributed by atoms with Gasteiger partial charge >= 0.3 is 0 Å². The third-order valence-electron chi connectivity index (χ3n) is 2.52. The number of rotatable bonds is 3. The molecule has 0 aliphatic carbocycles. The molecule has 0 aromatic heterocycles. The SMILES string of the molecule is CCN1N=CN(C(C)C)C1C(Cl)(Cl)C(Cl)(Cl)Cl. The summed E-state index contributed by atoms with van der Waals surface area (Å²) in [5.41, 5.74) is 0. The third-order valence-corrected chi connectivity index (χ3v) is 4.95. The van der Waals surface area contributed by atoms with Gasteiger partial charge in [-0.2, -0.15) is 5.10 Å². The van der Waals surface area contributed by atoms with E-state index in [-0.39, 0.29) is 6.04 Å². The molecule has 0 N–H and O–H groups in total. The van der Waals surface area contributed by atoms with Crippen LogP contribution in [0.1, 0.15) is 20.8 Å². The van der Waals surface area contributed by atoms with Gasteiger partial charge in [0.2, 0.25) is 8.13 Å². The van der Waals surface area contributed by atoms with Gasteiger partial charge in [-0.15, -0.1) is 0 Å². The van der Waals surface area contributed by atoms with Crippen LogP contribution in [0, 0.1) is 0 Å². The van der Waals surface area contributed by atoms with Crippen molar-refractivity contribution in [2.45, 2.75) is 41.1 Å². The molecule has 0 saturated carbocycles. The number of halogens is 5. The highest BCUT2D eigenvalue weighted by molar-refractivity contribution is 6.75. The molecule has 3 nitrogen and oxygen atoms in total. The Hall–Kier alpha value is 0.720. The van der Waals surface area contributed by atoms with Gasteiger partial charge in [-0.25, -0.2) is 0 Å². The molecule has 17 heavy (non-hydrogen) atoms. The fourth-order valence-corrected chi connectivity index (χ4v) is 2.34. The predicted molar refractivity (Wildman–Crippen MR) is 76.4 cm³/mol. The Morgan fingerprint density at radius 1 is 1.24 bits per heavy atom. The molecular weight excluding hydrogens is 327 g/mol. The number of hydrazone groups is 1. The molecule has 0 aromatic carbocycles. The van der Waals surface area contributed by atoms with Crippen molar-refractivity contribution in [3.63, 3.8) is 0 Å². The minimum Gasteiger partial charge on any atom is -0.334 e. The zero-order chi connectivity index (χ0) is 13.4. The minimum absolute atomic E-state index is 0.143. The first-order valence-corrected chi connectivity index (χ1v) is 7.04. The summed E-state index contributed by atoms with van der Waals surface area (Å²) in [4.78, 5) is 1.87. The molecule has 8 heteroatoms. The lowest BCUT2D eigenvalue weighted by atomic mass is 10.2. The van der Waals surface area contributed by atoms with Gasteiger partial charge in [-0.05, 0) is 20.8 Å². The molecule has 0 aromatic rings. The van der Waals surface area contributed by atoms with Crippen LogP contribution in [0.25, 0.3) is 0 Å². The van der Waals surface area contributed by atoms with Gasteiger partial charge in [0.05, 0.1) is 0 Å². The molecule has 0 bridgehead atoms. The quantitative estimate of drug-likeness (QED) is 0.726. The van der Waals surface area contributed by atoms with Crippen molar-refractivity contribution in [1.29, 1.82) is 0 Å². The van der Waals surface area contributed by atoms with Crippen molar-refractivity contribution >= 4 is 64.3 Å². The van der Waals surface area contributed by atoms with Crippen LogP contribution >= 0.6 is 58.0 Å². The third kappa shape index (κ3) is 3.01. The fourth-order valence-electron chi connectivity index (χ4n) is 1.60. The highest BCUT2D eigenvalue weighted by atomic mass is 35.6. The number of alkyl halides is 5. The standard InChI is InChI=1S/C9H14Cl5N3/c1-4-17-7(8(10,11)9(12,13)14)16(5-15-17)6(2)3/h5-7H,4H2,1-3H3. The summed E-state index contributed by atoms with van der Waals surface area (Å²) in [7, 11) is 0. The molecule has 0 saturated heterocycles. The topological polar surface area (TPSA) is 18.8 Å². The van der Waals surface area contributed by atoms with Gasteiger partial charge in [-0.3, -0.25) is 5.01 Å². The molecule has 1 rings (SSSR count). The van der Waals surface area contributed by atoms with E-state index in [4.69, 9.17) is 58.0 Å². The Labute approximate surface area is 127 Å². The molecule has 0 fully saturated rings. The number of nitrogens with zero attached hydrogens (tertiary/aromatic N) is 3. The summed E-state index contributed by atoms with van der Waals surface area (Å²) >= 11 is 30.0. The molecule has 100 valence electrons. The van der Waals surface area contributed by atoms with E-state index in [1.807, 2.05) is 25.7 Å². The molecule has 1 aliphatic heterocycles. The maximum Gasteiger partial charge on any atom is 0.227 e. The normalized spacial score (nSPS) is 21.8. The van der Waals surface area contributed by atoms with Crippen molar-refractivity contribution in [2.24, 2.45) is 5.10 Å². The summed E-state index contributed by atoms with van der Waals surface area (Å²) in [6.07, 6.45) is 1.15. The van der Waals surface area contributed by atoms with Crippen molar-refractivity contribution in [2.75, 3.05) is 6.54 Å². The van der Waals surface area contributed by atoms with Gasteiger partial charge in [0.1, 0.15) is 6.34 Å². The van der Waals surface area contributed by atoms with Crippen LogP contribution in [0.5, 0.6) is 0 Å². The van der Waals surface area contributed by atoms with E-state index >= 15 is 0 Å². The Bertz CT molecular complexity index is 299. The maximum atomic E-state index is 6.24. The highest BCUT2D eigenvalue weighted by Crippen LogP contribution is 2.50. The number of hydrogen-bond donors (Lipinski definition) is 0. The van der Waals surface area contributed by atoms with E-state index < -0.39 is 14.3 Å². The van der Waals surface area contributed by atoms with Crippen molar-refractivity contribution in [3.05, 3.63) is 0 Å². The largest absolute Gasteiger partial charge is 0.334 e. The molecule has 1 unspecified atom stereocenters. The molecule has 1 aliphatic rings. The lowest BCUT2D eigenvalue weighted by molar-refractivity contribution is 0.103. The van der Waals surface area contributed by atoms with E-state index in [2.05, 4.69) is 5.10 Å². The first-order chi connectivity index (χ1) is 7.63. The summed E-state index contributed by atoms with van der Waals surface area (Å²) in [6.45, 7) is 6.52. The molecule has 1 heterocycles. The average molecular weight is 341 g/mol. The first kappa shape index (κ1) is 15.8. The summed E-state index contributed by atoms with van der Waals surface area (Å²) in [5.74, 6) is 0. The molecule has 0 radical (unpaired) electrons. The number of hydrogen-bond acceptors (Lipinski definition) is 3. The second-order valence-corrected chi connectivity index (χ2v) is 7.69. The van der Waals surface area contributed by atoms with Crippen molar-refractivity contribution < 1.29 is 0 Å². The van der Waals surface area contributed by atoms with Crippen LogP contribution in [-0.2, 0) is 0 Å².